The van der Waals surface area contributed by atoms with Gasteiger partial charge in [-0.25, -0.2) is 0 Å². The molecule has 2 aliphatic rings. The van der Waals surface area contributed by atoms with E-state index in [9.17, 15) is 10.1 Å². The molecule has 0 unspecified atom stereocenters. The van der Waals surface area contributed by atoms with Gasteiger partial charge in [-0.3, -0.25) is 9.89 Å². The zero-order valence-electron chi connectivity index (χ0n) is 16.1. The second-order valence-electron chi connectivity index (χ2n) is 7.93. The van der Waals surface area contributed by atoms with Crippen LogP contribution in [0.1, 0.15) is 31.2 Å². The van der Waals surface area contributed by atoms with Crippen molar-refractivity contribution in [2.75, 3.05) is 5.32 Å². The van der Waals surface area contributed by atoms with E-state index in [1.807, 2.05) is 18.2 Å². The number of benzene rings is 2. The van der Waals surface area contributed by atoms with Gasteiger partial charge in [0.15, 0.2) is 5.82 Å². The molecule has 154 valence electrons. The summed E-state index contributed by atoms with van der Waals surface area (Å²) in [6, 6.07) is 14.2. The molecule has 0 atom stereocenters. The van der Waals surface area contributed by atoms with Gasteiger partial charge in [0.25, 0.3) is 0 Å². The monoisotopic (exact) mass is 441 g/mol. The minimum atomic E-state index is 0. The smallest absolute Gasteiger partial charge is 0.228 e. The Labute approximate surface area is 185 Å². The molecule has 0 saturated heterocycles. The number of nitriles is 1. The van der Waals surface area contributed by atoms with Crippen LogP contribution in [0.4, 0.5) is 5.82 Å². The normalized spacial score (nSPS) is 20.1. The number of nitrogens with zero attached hydrogens (tertiary/aromatic N) is 2. The lowest BCUT2D eigenvalue weighted by molar-refractivity contribution is -0.123. The van der Waals surface area contributed by atoms with E-state index in [4.69, 9.17) is 11.6 Å². The predicted octanol–water partition coefficient (Wildman–Crippen LogP) is 4.65. The van der Waals surface area contributed by atoms with E-state index >= 15 is 0 Å². The first-order valence-corrected chi connectivity index (χ1v) is 10.2. The lowest BCUT2D eigenvalue weighted by atomic mass is 9.79. The molecule has 3 N–H and O–H groups in total. The van der Waals surface area contributed by atoms with Crippen molar-refractivity contribution >= 4 is 46.6 Å². The summed E-state index contributed by atoms with van der Waals surface area (Å²) >= 11 is 6.35. The van der Waals surface area contributed by atoms with Gasteiger partial charge in [0.2, 0.25) is 5.91 Å². The fraction of sp³-hybridized carbons (Fsp3) is 0.318. The summed E-state index contributed by atoms with van der Waals surface area (Å²) in [5.74, 6) is 0.572. The van der Waals surface area contributed by atoms with Crippen LogP contribution in [-0.4, -0.2) is 28.2 Å². The Bertz CT molecular complexity index is 1140. The number of fused-ring (bicyclic) bond motifs is 1. The van der Waals surface area contributed by atoms with Crippen LogP contribution in [0, 0.1) is 17.2 Å². The Morgan fingerprint density at radius 1 is 1.17 bits per heavy atom. The number of rotatable bonds is 5. The average Bonchev–Trinajstić information content (AvgIpc) is 3.44. The molecule has 2 aliphatic carbocycles. The van der Waals surface area contributed by atoms with E-state index in [2.05, 4.69) is 26.9 Å². The molecule has 1 heterocycles. The highest BCUT2D eigenvalue weighted by Gasteiger charge is 2.37. The van der Waals surface area contributed by atoms with Crippen molar-refractivity contribution in [2.24, 2.45) is 5.92 Å². The lowest BCUT2D eigenvalue weighted by Crippen LogP contribution is -2.46. The molecule has 2 saturated carbocycles. The summed E-state index contributed by atoms with van der Waals surface area (Å²) in [4.78, 5) is 12.6. The van der Waals surface area contributed by atoms with Crippen LogP contribution in [0.3, 0.4) is 0 Å². The Balaban J connectivity index is 0.00000218. The molecule has 2 aromatic carbocycles. The summed E-state index contributed by atoms with van der Waals surface area (Å²) in [6.07, 6.45) is 4.28. The lowest BCUT2D eigenvalue weighted by Gasteiger charge is -2.34. The number of aromatic amines is 1. The number of hydrogen-bond donors (Lipinski definition) is 3. The summed E-state index contributed by atoms with van der Waals surface area (Å²) in [5, 5.41) is 24.4. The molecule has 0 spiro atoms. The molecular weight excluding hydrogens is 421 g/mol. The van der Waals surface area contributed by atoms with Crippen LogP contribution >= 0.6 is 24.0 Å². The zero-order chi connectivity index (χ0) is 20.0. The number of aromatic nitrogens is 2. The van der Waals surface area contributed by atoms with Crippen LogP contribution in [0.5, 0.6) is 0 Å². The van der Waals surface area contributed by atoms with E-state index in [1.54, 1.807) is 18.2 Å². The largest absolute Gasteiger partial charge is 0.311 e. The Hall–Kier alpha value is -2.59. The topological polar surface area (TPSA) is 93.6 Å². The fourth-order valence-electron chi connectivity index (χ4n) is 3.86. The summed E-state index contributed by atoms with van der Waals surface area (Å²) < 4.78 is 0. The highest BCUT2D eigenvalue weighted by molar-refractivity contribution is 6.33. The van der Waals surface area contributed by atoms with Crippen molar-refractivity contribution in [1.29, 1.82) is 5.26 Å². The van der Waals surface area contributed by atoms with Gasteiger partial charge in [0.05, 0.1) is 17.1 Å². The quantitative estimate of drug-likeness (QED) is 0.537. The van der Waals surface area contributed by atoms with Gasteiger partial charge >= 0.3 is 0 Å². The predicted molar refractivity (Wildman–Crippen MR) is 120 cm³/mol. The minimum absolute atomic E-state index is 0. The average molecular weight is 442 g/mol. The first-order chi connectivity index (χ1) is 14.1. The maximum Gasteiger partial charge on any atom is 0.228 e. The molecule has 8 heteroatoms. The van der Waals surface area contributed by atoms with Crippen LogP contribution in [0.25, 0.3) is 22.0 Å². The maximum atomic E-state index is 12.6. The highest BCUT2D eigenvalue weighted by Crippen LogP contribution is 2.34. The van der Waals surface area contributed by atoms with E-state index in [0.29, 0.717) is 28.5 Å². The highest BCUT2D eigenvalue weighted by atomic mass is 35.5. The fourth-order valence-corrected chi connectivity index (χ4v) is 4.09. The van der Waals surface area contributed by atoms with Crippen LogP contribution < -0.4 is 10.6 Å². The molecule has 0 radical (unpaired) electrons. The standard InChI is InChI=1S/C22H20ClN5O.ClH/c23-19-5-1-12(11-24)7-17(19)13-2-6-20-18(10-13)21(28-27-20)26-22(29)14-8-16(9-14)25-15-3-4-15;/h1-2,5-7,10,14-16,25H,3-4,8-9H2,(H2,26,27,28,29);1H. The number of hydrogen-bond acceptors (Lipinski definition) is 4. The molecule has 5 rings (SSSR count). The molecule has 0 aliphatic heterocycles. The Morgan fingerprint density at radius 2 is 1.97 bits per heavy atom. The SMILES string of the molecule is Cl.N#Cc1ccc(Cl)c(-c2ccc3[nH]nc(NC(=O)C4CC(NC5CC5)C4)c3c2)c1. The van der Waals surface area contributed by atoms with Gasteiger partial charge in [0.1, 0.15) is 0 Å². The number of halogens is 2. The molecule has 1 amide bonds. The van der Waals surface area contributed by atoms with Gasteiger partial charge in [-0.1, -0.05) is 17.7 Å². The van der Waals surface area contributed by atoms with E-state index in [-0.39, 0.29) is 24.2 Å². The van der Waals surface area contributed by atoms with Gasteiger partial charge in [0, 0.05) is 34.0 Å². The van der Waals surface area contributed by atoms with Crippen LogP contribution in [-0.2, 0) is 4.79 Å². The second-order valence-corrected chi connectivity index (χ2v) is 8.34. The van der Waals surface area contributed by atoms with Crippen LogP contribution in [0.15, 0.2) is 36.4 Å². The Kier molecular flexibility index (Phi) is 5.70. The summed E-state index contributed by atoms with van der Waals surface area (Å²) in [7, 11) is 0. The minimum Gasteiger partial charge on any atom is -0.311 e. The third kappa shape index (κ3) is 4.01. The third-order valence-electron chi connectivity index (χ3n) is 5.77. The van der Waals surface area contributed by atoms with E-state index < -0.39 is 0 Å². The van der Waals surface area contributed by atoms with Gasteiger partial charge in [-0.15, -0.1) is 12.4 Å². The Morgan fingerprint density at radius 3 is 2.70 bits per heavy atom. The molecule has 0 bridgehead atoms. The number of carbonyl (C=O) groups is 1. The molecular formula is C22H21Cl2N5O. The van der Waals surface area contributed by atoms with Crippen molar-refractivity contribution < 1.29 is 4.79 Å². The second kappa shape index (κ2) is 8.27. The molecule has 6 nitrogen and oxygen atoms in total. The molecule has 3 aromatic rings. The van der Waals surface area contributed by atoms with E-state index in [1.165, 1.54) is 12.8 Å². The first kappa shape index (κ1) is 20.7. The molecule has 30 heavy (non-hydrogen) atoms. The van der Waals surface area contributed by atoms with Crippen molar-refractivity contribution in [3.8, 4) is 17.2 Å². The van der Waals surface area contributed by atoms with Gasteiger partial charge in [-0.2, -0.15) is 10.4 Å². The number of H-pyrrole nitrogens is 1. The van der Waals surface area contributed by atoms with Crippen LogP contribution in [0.2, 0.25) is 5.02 Å². The van der Waals surface area contributed by atoms with E-state index in [0.717, 1.165) is 34.9 Å². The first-order valence-electron chi connectivity index (χ1n) is 9.86. The number of amides is 1. The van der Waals surface area contributed by atoms with Gasteiger partial charge < -0.3 is 10.6 Å². The number of carbonyl (C=O) groups excluding carboxylic acids is 1. The van der Waals surface area contributed by atoms with Crippen molar-refractivity contribution in [3.63, 3.8) is 0 Å². The van der Waals surface area contributed by atoms with Crippen molar-refractivity contribution in [1.82, 2.24) is 15.5 Å². The molecule has 1 aromatic heterocycles. The number of anilines is 1. The third-order valence-corrected chi connectivity index (χ3v) is 6.10. The maximum absolute atomic E-state index is 12.6. The summed E-state index contributed by atoms with van der Waals surface area (Å²) in [6.45, 7) is 0. The zero-order valence-corrected chi connectivity index (χ0v) is 17.7. The summed E-state index contributed by atoms with van der Waals surface area (Å²) in [5.41, 5.74) is 3.02. The van der Waals surface area contributed by atoms with Crippen molar-refractivity contribution in [3.05, 3.63) is 47.0 Å². The number of nitrogens with one attached hydrogen (secondary N) is 3. The van der Waals surface area contributed by atoms with Gasteiger partial charge in [-0.05, 0) is 61.6 Å². The van der Waals surface area contributed by atoms with Crippen molar-refractivity contribution in [2.45, 2.75) is 37.8 Å². The molecule has 2 fully saturated rings.